The first-order valence-corrected chi connectivity index (χ1v) is 6.95. The number of piperidine rings is 1. The minimum absolute atomic E-state index is 0.212. The standard InChI is InChI=1S/C14H21N3O2/c18-13-7-4-6-12(16-13)14(19)15-8-5-11-17-9-2-1-3-10-17/h4,6-7H,1-3,5,8-11H2,(H,15,19)(H,16,18). The topological polar surface area (TPSA) is 65.2 Å². The Morgan fingerprint density at radius 1 is 1.26 bits per heavy atom. The van der Waals surface area contributed by atoms with Crippen LogP contribution in [-0.4, -0.2) is 42.0 Å². The third kappa shape index (κ3) is 4.52. The second-order valence-corrected chi connectivity index (χ2v) is 4.94. The minimum Gasteiger partial charge on any atom is -0.351 e. The lowest BCUT2D eigenvalue weighted by atomic mass is 10.1. The van der Waals surface area contributed by atoms with Gasteiger partial charge in [-0.15, -0.1) is 0 Å². The first-order valence-electron chi connectivity index (χ1n) is 6.95. The van der Waals surface area contributed by atoms with Gasteiger partial charge in [0.25, 0.3) is 5.91 Å². The number of H-pyrrole nitrogens is 1. The minimum atomic E-state index is -0.249. The number of nitrogens with zero attached hydrogens (tertiary/aromatic N) is 1. The Morgan fingerprint density at radius 2 is 2.05 bits per heavy atom. The van der Waals surface area contributed by atoms with Gasteiger partial charge in [0.15, 0.2) is 0 Å². The van der Waals surface area contributed by atoms with E-state index in [-0.39, 0.29) is 11.5 Å². The van der Waals surface area contributed by atoms with E-state index in [1.165, 1.54) is 38.4 Å². The lowest BCUT2D eigenvalue weighted by Crippen LogP contribution is -2.33. The van der Waals surface area contributed by atoms with Gasteiger partial charge >= 0.3 is 0 Å². The predicted molar refractivity (Wildman–Crippen MR) is 74.3 cm³/mol. The van der Waals surface area contributed by atoms with Crippen molar-refractivity contribution >= 4 is 5.91 Å². The van der Waals surface area contributed by atoms with Crippen LogP contribution in [0.25, 0.3) is 0 Å². The summed E-state index contributed by atoms with van der Waals surface area (Å²) in [5, 5.41) is 2.83. The van der Waals surface area contributed by atoms with E-state index < -0.39 is 0 Å². The predicted octanol–water partition coefficient (Wildman–Crippen LogP) is 0.981. The number of amides is 1. The molecule has 2 rings (SSSR count). The van der Waals surface area contributed by atoms with Gasteiger partial charge in [0.1, 0.15) is 5.69 Å². The molecule has 1 aliphatic heterocycles. The Bertz CT molecular complexity index is 464. The van der Waals surface area contributed by atoms with Crippen LogP contribution in [0.1, 0.15) is 36.2 Å². The Balaban J connectivity index is 1.67. The van der Waals surface area contributed by atoms with E-state index in [1.54, 1.807) is 12.1 Å². The molecule has 19 heavy (non-hydrogen) atoms. The fraction of sp³-hybridized carbons (Fsp3) is 0.571. The van der Waals surface area contributed by atoms with E-state index in [4.69, 9.17) is 0 Å². The summed E-state index contributed by atoms with van der Waals surface area (Å²) in [6, 6.07) is 4.59. The highest BCUT2D eigenvalue weighted by molar-refractivity contribution is 5.92. The molecule has 0 unspecified atom stereocenters. The summed E-state index contributed by atoms with van der Waals surface area (Å²) in [4.78, 5) is 27.8. The van der Waals surface area contributed by atoms with Gasteiger partial charge < -0.3 is 15.2 Å². The van der Waals surface area contributed by atoms with Crippen molar-refractivity contribution in [2.24, 2.45) is 0 Å². The van der Waals surface area contributed by atoms with Crippen LogP contribution in [0.2, 0.25) is 0 Å². The Labute approximate surface area is 113 Å². The molecule has 0 radical (unpaired) electrons. The molecule has 0 atom stereocenters. The average molecular weight is 263 g/mol. The monoisotopic (exact) mass is 263 g/mol. The highest BCUT2D eigenvalue weighted by atomic mass is 16.2. The van der Waals surface area contributed by atoms with E-state index in [0.29, 0.717) is 12.2 Å². The molecule has 2 heterocycles. The van der Waals surface area contributed by atoms with Gasteiger partial charge in [-0.3, -0.25) is 9.59 Å². The maximum Gasteiger partial charge on any atom is 0.267 e. The van der Waals surface area contributed by atoms with Crippen molar-refractivity contribution in [1.29, 1.82) is 0 Å². The van der Waals surface area contributed by atoms with Gasteiger partial charge in [-0.2, -0.15) is 0 Å². The normalized spacial score (nSPS) is 16.2. The number of aromatic amines is 1. The van der Waals surface area contributed by atoms with Gasteiger partial charge in [0, 0.05) is 12.6 Å². The zero-order valence-electron chi connectivity index (χ0n) is 11.2. The summed E-state index contributed by atoms with van der Waals surface area (Å²) in [5.74, 6) is -0.212. The third-order valence-electron chi connectivity index (χ3n) is 3.40. The molecule has 1 saturated heterocycles. The number of hydrogen-bond donors (Lipinski definition) is 2. The van der Waals surface area contributed by atoms with Crippen LogP contribution in [0.4, 0.5) is 0 Å². The number of aromatic nitrogens is 1. The number of pyridine rings is 1. The molecule has 0 aliphatic carbocycles. The first kappa shape index (κ1) is 13.8. The lowest BCUT2D eigenvalue weighted by molar-refractivity contribution is 0.0946. The van der Waals surface area contributed by atoms with Crippen LogP contribution in [0.3, 0.4) is 0 Å². The molecule has 104 valence electrons. The molecule has 1 fully saturated rings. The van der Waals surface area contributed by atoms with Crippen molar-refractivity contribution in [3.05, 3.63) is 34.2 Å². The third-order valence-corrected chi connectivity index (χ3v) is 3.40. The Morgan fingerprint density at radius 3 is 2.79 bits per heavy atom. The zero-order chi connectivity index (χ0) is 13.5. The van der Waals surface area contributed by atoms with Crippen molar-refractivity contribution < 1.29 is 4.79 Å². The molecule has 1 aromatic heterocycles. The van der Waals surface area contributed by atoms with E-state index in [9.17, 15) is 9.59 Å². The second-order valence-electron chi connectivity index (χ2n) is 4.94. The molecule has 2 N–H and O–H groups in total. The number of likely N-dealkylation sites (tertiary alicyclic amines) is 1. The van der Waals surface area contributed by atoms with Crippen molar-refractivity contribution in [3.8, 4) is 0 Å². The van der Waals surface area contributed by atoms with Crippen LogP contribution < -0.4 is 10.9 Å². The molecule has 1 amide bonds. The number of rotatable bonds is 5. The van der Waals surface area contributed by atoms with Crippen molar-refractivity contribution in [2.75, 3.05) is 26.2 Å². The van der Waals surface area contributed by atoms with Crippen molar-refractivity contribution in [3.63, 3.8) is 0 Å². The summed E-state index contributed by atoms with van der Waals surface area (Å²) >= 11 is 0. The molecule has 0 saturated carbocycles. The fourth-order valence-electron chi connectivity index (χ4n) is 2.36. The molecular formula is C14H21N3O2. The van der Waals surface area contributed by atoms with E-state index in [0.717, 1.165) is 13.0 Å². The van der Waals surface area contributed by atoms with Gasteiger partial charge in [0.2, 0.25) is 5.56 Å². The van der Waals surface area contributed by atoms with Gasteiger partial charge in [-0.25, -0.2) is 0 Å². The average Bonchev–Trinajstić information content (AvgIpc) is 2.44. The molecule has 1 aromatic rings. The largest absolute Gasteiger partial charge is 0.351 e. The Kier molecular flexibility index (Phi) is 5.15. The molecule has 5 nitrogen and oxygen atoms in total. The van der Waals surface area contributed by atoms with Crippen LogP contribution in [0.5, 0.6) is 0 Å². The van der Waals surface area contributed by atoms with Crippen molar-refractivity contribution in [1.82, 2.24) is 15.2 Å². The number of nitrogens with one attached hydrogen (secondary N) is 2. The number of carbonyl (C=O) groups excluding carboxylic acids is 1. The smallest absolute Gasteiger partial charge is 0.267 e. The number of hydrogen-bond acceptors (Lipinski definition) is 3. The summed E-state index contributed by atoms with van der Waals surface area (Å²) in [7, 11) is 0. The van der Waals surface area contributed by atoms with Gasteiger partial charge in [-0.1, -0.05) is 12.5 Å². The SMILES string of the molecule is O=C(NCCCN1CCCCC1)c1cccc(=O)[nH]1. The maximum absolute atomic E-state index is 11.8. The molecular weight excluding hydrogens is 242 g/mol. The summed E-state index contributed by atoms with van der Waals surface area (Å²) in [6.45, 7) is 4.04. The highest BCUT2D eigenvalue weighted by Gasteiger charge is 2.09. The van der Waals surface area contributed by atoms with E-state index in [1.807, 2.05) is 0 Å². The van der Waals surface area contributed by atoms with Crippen molar-refractivity contribution in [2.45, 2.75) is 25.7 Å². The van der Waals surface area contributed by atoms with Gasteiger partial charge in [-0.05, 0) is 45.0 Å². The molecule has 1 aliphatic rings. The number of carbonyl (C=O) groups is 1. The highest BCUT2D eigenvalue weighted by Crippen LogP contribution is 2.08. The fourth-order valence-corrected chi connectivity index (χ4v) is 2.36. The second kappa shape index (κ2) is 7.09. The molecule has 0 bridgehead atoms. The summed E-state index contributed by atoms with van der Waals surface area (Å²) < 4.78 is 0. The Hall–Kier alpha value is -1.62. The zero-order valence-corrected chi connectivity index (χ0v) is 11.2. The van der Waals surface area contributed by atoms with E-state index in [2.05, 4.69) is 15.2 Å². The van der Waals surface area contributed by atoms with Crippen LogP contribution >= 0.6 is 0 Å². The summed E-state index contributed by atoms with van der Waals surface area (Å²) in [6.07, 6.45) is 4.87. The molecule has 5 heteroatoms. The van der Waals surface area contributed by atoms with E-state index >= 15 is 0 Å². The quantitative estimate of drug-likeness (QED) is 0.778. The van der Waals surface area contributed by atoms with Gasteiger partial charge in [0.05, 0.1) is 0 Å². The van der Waals surface area contributed by atoms with Crippen LogP contribution in [0.15, 0.2) is 23.0 Å². The van der Waals surface area contributed by atoms with Crippen LogP contribution in [-0.2, 0) is 0 Å². The molecule has 0 aromatic carbocycles. The van der Waals surface area contributed by atoms with Crippen LogP contribution in [0, 0.1) is 0 Å². The summed E-state index contributed by atoms with van der Waals surface area (Å²) in [5.41, 5.74) is 0.0754. The lowest BCUT2D eigenvalue weighted by Gasteiger charge is -2.26. The first-order chi connectivity index (χ1) is 9.25. The molecule has 0 spiro atoms. The maximum atomic E-state index is 11.8.